The van der Waals surface area contributed by atoms with E-state index in [-0.39, 0.29) is 0 Å². The van der Waals surface area contributed by atoms with Crippen LogP contribution in [0.2, 0.25) is 0 Å². The van der Waals surface area contributed by atoms with E-state index in [1.54, 1.807) is 24.5 Å². The average Bonchev–Trinajstić information content (AvgIpc) is 2.25. The van der Waals surface area contributed by atoms with Gasteiger partial charge < -0.3 is 15.5 Å². The highest BCUT2D eigenvalue weighted by Crippen LogP contribution is 1.93. The minimum absolute atomic E-state index is 0.711. The number of aromatic nitrogens is 1. The molecule has 1 aromatic rings. The predicted octanol–water partition coefficient (Wildman–Crippen LogP) is 0.527. The van der Waals surface area contributed by atoms with Crippen molar-refractivity contribution < 1.29 is 0 Å². The number of piperazine rings is 1. The molecule has 15 heavy (non-hydrogen) atoms. The SMILES string of the molecule is CN1CCN(C)CC1.Nc1cccnc1. The minimum atomic E-state index is 0.711. The Kier molecular flexibility index (Phi) is 5.07. The molecule has 1 aromatic heterocycles. The van der Waals surface area contributed by atoms with Crippen LogP contribution in [0.5, 0.6) is 0 Å². The van der Waals surface area contributed by atoms with Crippen molar-refractivity contribution >= 4 is 5.69 Å². The zero-order chi connectivity index (χ0) is 11.1. The van der Waals surface area contributed by atoms with Crippen LogP contribution >= 0.6 is 0 Å². The monoisotopic (exact) mass is 208 g/mol. The van der Waals surface area contributed by atoms with Gasteiger partial charge in [0.1, 0.15) is 0 Å². The van der Waals surface area contributed by atoms with E-state index in [9.17, 15) is 0 Å². The molecular formula is C11H20N4. The van der Waals surface area contributed by atoms with Crippen LogP contribution in [-0.4, -0.2) is 55.1 Å². The summed E-state index contributed by atoms with van der Waals surface area (Å²) < 4.78 is 0. The number of hydrogen-bond acceptors (Lipinski definition) is 4. The fourth-order valence-electron chi connectivity index (χ4n) is 1.28. The highest BCUT2D eigenvalue weighted by molar-refractivity contribution is 5.32. The van der Waals surface area contributed by atoms with Crippen LogP contribution in [0.1, 0.15) is 0 Å². The first-order valence-corrected chi connectivity index (χ1v) is 5.21. The summed E-state index contributed by atoms with van der Waals surface area (Å²) in [7, 11) is 4.35. The van der Waals surface area contributed by atoms with Crippen molar-refractivity contribution in [2.24, 2.45) is 0 Å². The molecule has 0 amide bonds. The van der Waals surface area contributed by atoms with Gasteiger partial charge in [-0.3, -0.25) is 4.98 Å². The van der Waals surface area contributed by atoms with Gasteiger partial charge in [0.2, 0.25) is 0 Å². The number of pyridine rings is 1. The number of rotatable bonds is 0. The van der Waals surface area contributed by atoms with Gasteiger partial charge in [-0.15, -0.1) is 0 Å². The molecule has 0 radical (unpaired) electrons. The number of nitrogen functional groups attached to an aromatic ring is 1. The van der Waals surface area contributed by atoms with Gasteiger partial charge in [-0.05, 0) is 26.2 Å². The lowest BCUT2D eigenvalue weighted by Crippen LogP contribution is -2.42. The second kappa shape index (κ2) is 6.37. The third kappa shape index (κ3) is 5.34. The van der Waals surface area contributed by atoms with E-state index in [4.69, 9.17) is 5.73 Å². The molecule has 0 atom stereocenters. The molecule has 2 heterocycles. The molecule has 1 fully saturated rings. The Bertz CT molecular complexity index is 245. The second-order valence-electron chi connectivity index (χ2n) is 3.89. The average molecular weight is 208 g/mol. The van der Waals surface area contributed by atoms with Gasteiger partial charge >= 0.3 is 0 Å². The summed E-state index contributed by atoms with van der Waals surface area (Å²) in [5.74, 6) is 0. The van der Waals surface area contributed by atoms with E-state index in [2.05, 4.69) is 28.9 Å². The predicted molar refractivity (Wildman–Crippen MR) is 63.6 cm³/mol. The normalized spacial score (nSPS) is 18.0. The number of nitrogens with zero attached hydrogens (tertiary/aromatic N) is 3. The fraction of sp³-hybridized carbons (Fsp3) is 0.545. The summed E-state index contributed by atoms with van der Waals surface area (Å²) in [5.41, 5.74) is 6.01. The van der Waals surface area contributed by atoms with E-state index < -0.39 is 0 Å². The number of likely N-dealkylation sites (N-methyl/N-ethyl adjacent to an activating group) is 2. The molecule has 0 bridgehead atoms. The first-order chi connectivity index (χ1) is 7.18. The summed E-state index contributed by atoms with van der Waals surface area (Å²) in [6.45, 7) is 4.93. The Morgan fingerprint density at radius 3 is 1.93 bits per heavy atom. The number of anilines is 1. The molecule has 1 aliphatic rings. The van der Waals surface area contributed by atoms with Crippen LogP contribution in [0.15, 0.2) is 24.5 Å². The topological polar surface area (TPSA) is 45.4 Å². The maximum Gasteiger partial charge on any atom is 0.0500 e. The van der Waals surface area contributed by atoms with Gasteiger partial charge in [0.25, 0.3) is 0 Å². The molecule has 0 aliphatic carbocycles. The second-order valence-corrected chi connectivity index (χ2v) is 3.89. The maximum atomic E-state index is 5.30. The lowest BCUT2D eigenvalue weighted by molar-refractivity contribution is 0.181. The summed E-state index contributed by atoms with van der Waals surface area (Å²) >= 11 is 0. The van der Waals surface area contributed by atoms with Crippen molar-refractivity contribution in [3.63, 3.8) is 0 Å². The molecule has 1 saturated heterocycles. The van der Waals surface area contributed by atoms with Crippen molar-refractivity contribution in [3.8, 4) is 0 Å². The van der Waals surface area contributed by atoms with Crippen molar-refractivity contribution in [2.75, 3.05) is 46.0 Å². The summed E-state index contributed by atoms with van der Waals surface area (Å²) in [4.78, 5) is 8.48. The summed E-state index contributed by atoms with van der Waals surface area (Å²) in [6.07, 6.45) is 3.30. The van der Waals surface area contributed by atoms with Crippen molar-refractivity contribution in [3.05, 3.63) is 24.5 Å². The highest BCUT2D eigenvalue weighted by Gasteiger charge is 2.07. The first-order valence-electron chi connectivity index (χ1n) is 5.21. The zero-order valence-corrected chi connectivity index (χ0v) is 9.56. The molecule has 0 saturated carbocycles. The van der Waals surface area contributed by atoms with Crippen molar-refractivity contribution in [2.45, 2.75) is 0 Å². The molecule has 84 valence electrons. The Morgan fingerprint density at radius 2 is 1.67 bits per heavy atom. The minimum Gasteiger partial charge on any atom is -0.397 e. The van der Waals surface area contributed by atoms with Gasteiger partial charge in [0.15, 0.2) is 0 Å². The molecular weight excluding hydrogens is 188 g/mol. The van der Waals surface area contributed by atoms with E-state index >= 15 is 0 Å². The third-order valence-electron chi connectivity index (χ3n) is 2.41. The van der Waals surface area contributed by atoms with E-state index in [0.29, 0.717) is 5.69 Å². The van der Waals surface area contributed by atoms with E-state index in [1.165, 1.54) is 26.2 Å². The number of hydrogen-bond donors (Lipinski definition) is 1. The standard InChI is InChI=1S/C6H14N2.C5H6N2/c1-7-3-5-8(2)6-4-7;6-5-2-1-3-7-4-5/h3-6H2,1-2H3;1-4H,6H2. The Labute approximate surface area is 91.7 Å². The van der Waals surface area contributed by atoms with Crippen LogP contribution < -0.4 is 5.73 Å². The van der Waals surface area contributed by atoms with Crippen molar-refractivity contribution in [1.82, 2.24) is 14.8 Å². The van der Waals surface area contributed by atoms with Gasteiger partial charge in [0.05, 0.1) is 5.69 Å². The van der Waals surface area contributed by atoms with Crippen molar-refractivity contribution in [1.29, 1.82) is 0 Å². The van der Waals surface area contributed by atoms with Gasteiger partial charge in [0, 0.05) is 38.6 Å². The van der Waals surface area contributed by atoms with Crippen LogP contribution in [0.3, 0.4) is 0 Å². The lowest BCUT2D eigenvalue weighted by Gasteiger charge is -2.28. The molecule has 0 unspecified atom stereocenters. The Balaban J connectivity index is 0.000000151. The smallest absolute Gasteiger partial charge is 0.0500 e. The first kappa shape index (κ1) is 11.9. The van der Waals surface area contributed by atoms with Gasteiger partial charge in [-0.1, -0.05) is 0 Å². The molecule has 0 aromatic carbocycles. The Hall–Kier alpha value is -1.13. The molecule has 2 N–H and O–H groups in total. The number of nitrogens with two attached hydrogens (primary N) is 1. The van der Waals surface area contributed by atoms with Crippen LogP contribution in [0.25, 0.3) is 0 Å². The van der Waals surface area contributed by atoms with Crippen LogP contribution in [0.4, 0.5) is 5.69 Å². The molecule has 1 aliphatic heterocycles. The Morgan fingerprint density at radius 1 is 1.13 bits per heavy atom. The van der Waals surface area contributed by atoms with Crippen LogP contribution in [-0.2, 0) is 0 Å². The molecule has 4 nitrogen and oxygen atoms in total. The quantitative estimate of drug-likeness (QED) is 0.675. The maximum absolute atomic E-state index is 5.30. The lowest BCUT2D eigenvalue weighted by atomic mass is 10.4. The van der Waals surface area contributed by atoms with Gasteiger partial charge in [-0.25, -0.2) is 0 Å². The molecule has 2 rings (SSSR count). The highest BCUT2D eigenvalue weighted by atomic mass is 15.2. The summed E-state index contributed by atoms with van der Waals surface area (Å²) in [6, 6.07) is 3.60. The van der Waals surface area contributed by atoms with E-state index in [0.717, 1.165) is 0 Å². The zero-order valence-electron chi connectivity index (χ0n) is 9.56. The fourth-order valence-corrected chi connectivity index (χ4v) is 1.28. The summed E-state index contributed by atoms with van der Waals surface area (Å²) in [5, 5.41) is 0. The molecule has 0 spiro atoms. The van der Waals surface area contributed by atoms with Gasteiger partial charge in [-0.2, -0.15) is 0 Å². The largest absolute Gasteiger partial charge is 0.397 e. The molecule has 4 heteroatoms. The third-order valence-corrected chi connectivity index (χ3v) is 2.41. The van der Waals surface area contributed by atoms with Crippen LogP contribution in [0, 0.1) is 0 Å². The van der Waals surface area contributed by atoms with E-state index in [1.807, 2.05) is 0 Å².